The molecule has 2 aliphatic heterocycles. The first-order valence-electron chi connectivity index (χ1n) is 14.4. The highest BCUT2D eigenvalue weighted by Crippen LogP contribution is 2.52. The zero-order valence-electron chi connectivity index (χ0n) is 25.4. The number of hydrogen-bond donors (Lipinski definition) is 0. The van der Waals surface area contributed by atoms with E-state index in [2.05, 4.69) is 0 Å². The van der Waals surface area contributed by atoms with E-state index in [1.165, 1.54) is 7.11 Å². The van der Waals surface area contributed by atoms with Gasteiger partial charge in [0.15, 0.2) is 28.8 Å². The Morgan fingerprint density at radius 1 is 0.778 bits per heavy atom. The average Bonchev–Trinajstić information content (AvgIpc) is 3.38. The van der Waals surface area contributed by atoms with Crippen molar-refractivity contribution in [2.45, 2.75) is 18.8 Å². The molecule has 0 fully saturated rings. The summed E-state index contributed by atoms with van der Waals surface area (Å²) in [6, 6.07) is 22.0. The van der Waals surface area contributed by atoms with Gasteiger partial charge >= 0.3 is 5.97 Å². The van der Waals surface area contributed by atoms with Gasteiger partial charge in [0.2, 0.25) is 5.78 Å². The van der Waals surface area contributed by atoms with Crippen LogP contribution in [-0.2, 0) is 11.2 Å². The van der Waals surface area contributed by atoms with Gasteiger partial charge in [-0.2, -0.15) is 0 Å². The summed E-state index contributed by atoms with van der Waals surface area (Å²) < 4.78 is 40.2. The molecule has 0 N–H and O–H groups in total. The van der Waals surface area contributed by atoms with E-state index in [-0.39, 0.29) is 18.0 Å². The largest absolute Gasteiger partial charge is 0.497 e. The van der Waals surface area contributed by atoms with E-state index in [4.69, 9.17) is 33.2 Å². The third-order valence-electron chi connectivity index (χ3n) is 7.90. The van der Waals surface area contributed by atoms with Crippen LogP contribution in [0, 0.1) is 0 Å². The van der Waals surface area contributed by atoms with Crippen LogP contribution in [0.25, 0.3) is 6.08 Å². The van der Waals surface area contributed by atoms with Crippen molar-refractivity contribution in [2.75, 3.05) is 35.0 Å². The summed E-state index contributed by atoms with van der Waals surface area (Å²) in [6.07, 6.45) is 2.28. The number of esters is 1. The van der Waals surface area contributed by atoms with Crippen molar-refractivity contribution in [1.82, 2.24) is 0 Å². The fraction of sp³-hybridized carbons (Fsp3) is 0.222. The maximum absolute atomic E-state index is 13.6. The van der Waals surface area contributed by atoms with E-state index in [1.54, 1.807) is 57.7 Å². The standard InChI is InChI=1S/C36H32O9/c1-39-23-13-11-21(12-14-23)17-18-43-35-24(8-6-10-29(35)41-3)26-20-31(37)44-27-16-15-25-33(38)30(45-36(25)32(26)27)19-22-7-5-9-28(40-2)34(22)42-4/h5-16,19,26H,17-18,20H2,1-4H3/b30-19-. The zero-order valence-corrected chi connectivity index (χ0v) is 25.4. The van der Waals surface area contributed by atoms with Crippen LogP contribution in [0.2, 0.25) is 0 Å². The van der Waals surface area contributed by atoms with Gasteiger partial charge in [0.25, 0.3) is 0 Å². The van der Waals surface area contributed by atoms with Crippen LogP contribution in [-0.4, -0.2) is 46.8 Å². The van der Waals surface area contributed by atoms with Crippen molar-refractivity contribution in [2.24, 2.45) is 0 Å². The van der Waals surface area contributed by atoms with E-state index in [0.717, 1.165) is 16.9 Å². The first kappa shape index (κ1) is 29.6. The van der Waals surface area contributed by atoms with Crippen LogP contribution in [0.15, 0.2) is 78.6 Å². The Morgan fingerprint density at radius 3 is 2.22 bits per heavy atom. The van der Waals surface area contributed by atoms with Gasteiger partial charge in [0, 0.05) is 29.0 Å². The predicted octanol–water partition coefficient (Wildman–Crippen LogP) is 6.40. The molecule has 0 radical (unpaired) electrons. The van der Waals surface area contributed by atoms with Gasteiger partial charge in [-0.3, -0.25) is 9.59 Å². The third-order valence-corrected chi connectivity index (χ3v) is 7.90. The predicted molar refractivity (Wildman–Crippen MR) is 166 cm³/mol. The molecule has 0 saturated heterocycles. The Labute approximate surface area is 260 Å². The number of ketones is 1. The van der Waals surface area contributed by atoms with E-state index in [1.807, 2.05) is 42.5 Å². The molecule has 2 heterocycles. The molecule has 1 unspecified atom stereocenters. The summed E-state index contributed by atoms with van der Waals surface area (Å²) in [6.45, 7) is 0.362. The number of Topliss-reactive ketones (excluding diaryl/α,β-unsaturated/α-hetero) is 1. The van der Waals surface area contributed by atoms with Crippen molar-refractivity contribution in [3.05, 3.63) is 106 Å². The van der Waals surface area contributed by atoms with Crippen molar-refractivity contribution >= 4 is 17.8 Å². The minimum Gasteiger partial charge on any atom is -0.497 e. The topological polar surface area (TPSA) is 98.8 Å². The van der Waals surface area contributed by atoms with Gasteiger partial charge in [-0.15, -0.1) is 0 Å². The molecule has 0 spiro atoms. The number of para-hydroxylation sites is 2. The van der Waals surface area contributed by atoms with E-state index >= 15 is 0 Å². The first-order valence-corrected chi connectivity index (χ1v) is 14.4. The number of carbonyl (C=O) groups is 2. The number of carbonyl (C=O) groups excluding carboxylic acids is 2. The lowest BCUT2D eigenvalue weighted by molar-refractivity contribution is -0.135. The molecule has 4 aromatic rings. The number of ether oxygens (including phenoxy) is 7. The molecule has 0 amide bonds. The Kier molecular flexibility index (Phi) is 8.33. The highest BCUT2D eigenvalue weighted by atomic mass is 16.5. The highest BCUT2D eigenvalue weighted by Gasteiger charge is 2.40. The molecule has 0 bridgehead atoms. The maximum atomic E-state index is 13.6. The zero-order chi connectivity index (χ0) is 31.5. The molecule has 9 nitrogen and oxygen atoms in total. The third kappa shape index (κ3) is 5.64. The van der Waals surface area contributed by atoms with Crippen molar-refractivity contribution < 1.29 is 42.7 Å². The van der Waals surface area contributed by atoms with Crippen LogP contribution in [0.3, 0.4) is 0 Å². The van der Waals surface area contributed by atoms with Gasteiger partial charge in [-0.1, -0.05) is 36.4 Å². The Balaban J connectivity index is 1.37. The Morgan fingerprint density at radius 2 is 1.51 bits per heavy atom. The van der Waals surface area contributed by atoms with Gasteiger partial charge in [-0.05, 0) is 48.0 Å². The molecule has 6 rings (SSSR count). The Hall–Kier alpha value is -5.44. The van der Waals surface area contributed by atoms with E-state index in [9.17, 15) is 9.59 Å². The molecule has 0 saturated carbocycles. The lowest BCUT2D eigenvalue weighted by Gasteiger charge is -2.28. The average molecular weight is 609 g/mol. The van der Waals surface area contributed by atoms with E-state index < -0.39 is 11.9 Å². The number of methoxy groups -OCH3 is 4. The number of rotatable bonds is 10. The summed E-state index contributed by atoms with van der Waals surface area (Å²) in [4.78, 5) is 26.5. The van der Waals surface area contributed by atoms with Crippen LogP contribution >= 0.6 is 0 Å². The van der Waals surface area contributed by atoms with Crippen molar-refractivity contribution in [3.63, 3.8) is 0 Å². The van der Waals surface area contributed by atoms with Crippen molar-refractivity contribution in [3.8, 4) is 40.2 Å². The molecule has 230 valence electrons. The maximum Gasteiger partial charge on any atom is 0.312 e. The van der Waals surface area contributed by atoms with Crippen molar-refractivity contribution in [1.29, 1.82) is 0 Å². The summed E-state index contributed by atoms with van der Waals surface area (Å²) in [5.74, 6) is 2.38. The smallest absolute Gasteiger partial charge is 0.312 e. The van der Waals surface area contributed by atoms with Gasteiger partial charge in [0.1, 0.15) is 17.2 Å². The second-order valence-electron chi connectivity index (χ2n) is 10.4. The second kappa shape index (κ2) is 12.7. The van der Waals surface area contributed by atoms with Crippen LogP contribution < -0.4 is 33.2 Å². The molecule has 0 aliphatic carbocycles. The minimum atomic E-state index is -0.527. The molecule has 1 atom stereocenters. The molecular weight excluding hydrogens is 576 g/mol. The van der Waals surface area contributed by atoms with Gasteiger partial charge < -0.3 is 33.2 Å². The number of fused-ring (bicyclic) bond motifs is 3. The van der Waals surface area contributed by atoms with Gasteiger partial charge in [-0.25, -0.2) is 0 Å². The number of hydrogen-bond acceptors (Lipinski definition) is 9. The second-order valence-corrected chi connectivity index (χ2v) is 10.4. The minimum absolute atomic E-state index is 0.0196. The quantitative estimate of drug-likeness (QED) is 0.115. The monoisotopic (exact) mass is 608 g/mol. The normalized spacial score (nSPS) is 15.9. The van der Waals surface area contributed by atoms with E-state index in [0.29, 0.717) is 64.2 Å². The SMILES string of the molecule is COc1ccc(CCOc2c(OC)cccc2C2CC(=O)Oc3ccc4c(c32)O/C(=C\c2cccc(OC)c2OC)C4=O)cc1. The van der Waals surface area contributed by atoms with Crippen LogP contribution in [0.4, 0.5) is 0 Å². The lowest BCUT2D eigenvalue weighted by atomic mass is 9.84. The lowest BCUT2D eigenvalue weighted by Crippen LogP contribution is -2.22. The summed E-state index contributed by atoms with van der Waals surface area (Å²) in [7, 11) is 6.28. The van der Waals surface area contributed by atoms with Crippen LogP contribution in [0.5, 0.6) is 40.2 Å². The molecule has 9 heteroatoms. The number of allylic oxidation sites excluding steroid dienone is 1. The molecule has 2 aliphatic rings. The van der Waals surface area contributed by atoms with Gasteiger partial charge in [0.05, 0.1) is 47.0 Å². The molecular formula is C36H32O9. The molecule has 4 aromatic carbocycles. The number of benzene rings is 4. The first-order chi connectivity index (χ1) is 21.9. The fourth-order valence-electron chi connectivity index (χ4n) is 5.72. The van der Waals surface area contributed by atoms with Crippen LogP contribution in [0.1, 0.15) is 45.0 Å². The summed E-state index contributed by atoms with van der Waals surface area (Å²) in [5, 5.41) is 0. The Bertz CT molecular complexity index is 1790. The summed E-state index contributed by atoms with van der Waals surface area (Å²) >= 11 is 0. The fourth-order valence-corrected chi connectivity index (χ4v) is 5.72. The molecule has 0 aromatic heterocycles. The molecule has 45 heavy (non-hydrogen) atoms. The summed E-state index contributed by atoms with van der Waals surface area (Å²) in [5.41, 5.74) is 3.38. The highest BCUT2D eigenvalue weighted by molar-refractivity contribution is 6.15.